The molecule has 0 radical (unpaired) electrons. The van der Waals surface area contributed by atoms with Gasteiger partial charge in [-0.15, -0.1) is 0 Å². The van der Waals surface area contributed by atoms with E-state index in [1.165, 1.54) is 11.1 Å². The highest BCUT2D eigenvalue weighted by molar-refractivity contribution is 5.82. The number of hydrogen-bond acceptors (Lipinski definition) is 8. The standard InChI is InChI=1S/C40H53N9O3/c1-3-37-45-39(48-46-37)30-14-18-49(19-15-30)34(13-16-41-26-51)11-10-33(23-28-21-27(2)38-32(22-28)25-43-47-38)42-17-12-29(8-6-20-50)35-24-31-7-4-5-9-36(31)44-40(35)52/h4-5,7,9,20-22,24-26,29-30,33-34,42H,3,6,8,10-19,23H2,1-2H3,(H,41,51)(H,43,47)(H,44,52)(H,45,46,48). The van der Waals surface area contributed by atoms with E-state index in [9.17, 15) is 14.4 Å². The Balaban J connectivity index is 1.16. The molecule has 0 saturated carbocycles. The zero-order valence-corrected chi connectivity index (χ0v) is 30.5. The predicted molar refractivity (Wildman–Crippen MR) is 205 cm³/mol. The Morgan fingerprint density at radius 3 is 2.62 bits per heavy atom. The van der Waals surface area contributed by atoms with Crippen LogP contribution in [0.25, 0.3) is 21.8 Å². The molecule has 0 aliphatic carbocycles. The summed E-state index contributed by atoms with van der Waals surface area (Å²) < 4.78 is 0. The molecule has 12 heteroatoms. The van der Waals surface area contributed by atoms with Gasteiger partial charge >= 0.3 is 0 Å². The van der Waals surface area contributed by atoms with Crippen LogP contribution < -0.4 is 16.2 Å². The first kappa shape index (κ1) is 37.1. The lowest BCUT2D eigenvalue weighted by molar-refractivity contribution is -0.109. The highest BCUT2D eigenvalue weighted by Gasteiger charge is 2.28. The summed E-state index contributed by atoms with van der Waals surface area (Å²) in [6.07, 6.45) is 11.9. The van der Waals surface area contributed by atoms with Gasteiger partial charge in [0.1, 0.15) is 12.1 Å². The fraction of sp³-hybridized carbons (Fsp3) is 0.500. The van der Waals surface area contributed by atoms with Crippen molar-refractivity contribution in [3.63, 3.8) is 0 Å². The first-order chi connectivity index (χ1) is 25.4. The van der Waals surface area contributed by atoms with Gasteiger partial charge in [0, 0.05) is 53.9 Å². The molecular formula is C40H53N9O3. The number of benzene rings is 2. The predicted octanol–water partition coefficient (Wildman–Crippen LogP) is 5.21. The molecule has 276 valence electrons. The highest BCUT2D eigenvalue weighted by atomic mass is 16.1. The topological polar surface area (TPSA) is 165 Å². The number of likely N-dealkylation sites (tertiary alicyclic amines) is 1. The number of aldehydes is 1. The number of amides is 1. The summed E-state index contributed by atoms with van der Waals surface area (Å²) in [5.41, 5.74) is 4.96. The van der Waals surface area contributed by atoms with Gasteiger partial charge in [-0.3, -0.25) is 19.8 Å². The molecular weight excluding hydrogens is 654 g/mol. The van der Waals surface area contributed by atoms with Crippen molar-refractivity contribution in [2.45, 2.75) is 102 Å². The molecule has 3 unspecified atom stereocenters. The monoisotopic (exact) mass is 707 g/mol. The molecule has 5 N–H and O–H groups in total. The third kappa shape index (κ3) is 9.40. The molecule has 12 nitrogen and oxygen atoms in total. The number of aromatic amines is 3. The number of nitrogens with one attached hydrogen (secondary N) is 5. The maximum Gasteiger partial charge on any atom is 0.251 e. The minimum Gasteiger partial charge on any atom is -0.359 e. The number of nitrogens with zero attached hydrogens (tertiary/aromatic N) is 4. The van der Waals surface area contributed by atoms with Crippen molar-refractivity contribution in [2.75, 3.05) is 26.2 Å². The summed E-state index contributed by atoms with van der Waals surface area (Å²) in [4.78, 5) is 46.2. The van der Waals surface area contributed by atoms with E-state index in [1.54, 1.807) is 0 Å². The molecule has 4 heterocycles. The summed E-state index contributed by atoms with van der Waals surface area (Å²) in [7, 11) is 0. The van der Waals surface area contributed by atoms with E-state index in [0.29, 0.717) is 37.9 Å². The van der Waals surface area contributed by atoms with Crippen LogP contribution in [0, 0.1) is 6.92 Å². The minimum absolute atomic E-state index is 0.0443. The number of carbonyl (C=O) groups is 2. The van der Waals surface area contributed by atoms with E-state index in [4.69, 9.17) is 4.98 Å². The molecule has 0 spiro atoms. The van der Waals surface area contributed by atoms with Crippen LogP contribution in [0.4, 0.5) is 0 Å². The van der Waals surface area contributed by atoms with Gasteiger partial charge in [0.25, 0.3) is 5.56 Å². The van der Waals surface area contributed by atoms with Crippen LogP contribution in [0.5, 0.6) is 0 Å². The van der Waals surface area contributed by atoms with E-state index in [2.05, 4.69) is 66.9 Å². The Kier molecular flexibility index (Phi) is 13.0. The Morgan fingerprint density at radius 1 is 0.981 bits per heavy atom. The number of hydrogen-bond donors (Lipinski definition) is 5. The summed E-state index contributed by atoms with van der Waals surface area (Å²) >= 11 is 0. The number of carbonyl (C=O) groups excluding carboxylic acids is 2. The van der Waals surface area contributed by atoms with Gasteiger partial charge in [-0.1, -0.05) is 31.2 Å². The Labute approximate surface area is 305 Å². The van der Waals surface area contributed by atoms with Crippen LogP contribution in [0.2, 0.25) is 0 Å². The fourth-order valence-electron chi connectivity index (χ4n) is 8.03. The quantitative estimate of drug-likeness (QED) is 0.0544. The molecule has 6 rings (SSSR count). The van der Waals surface area contributed by atoms with Crippen molar-refractivity contribution < 1.29 is 9.59 Å². The van der Waals surface area contributed by atoms with Crippen LogP contribution >= 0.6 is 0 Å². The SMILES string of the molecule is CCc1nc(C2CCN(C(CCNC=O)CCC(Cc3cc(C)c4[nH]ncc4c3)NCCC(CCC=O)c3cc4ccccc4[nH]c3=O)CC2)n[nH]1. The third-order valence-electron chi connectivity index (χ3n) is 10.9. The Morgan fingerprint density at radius 2 is 1.83 bits per heavy atom. The number of aromatic nitrogens is 6. The number of fused-ring (bicyclic) bond motifs is 2. The number of piperidine rings is 1. The largest absolute Gasteiger partial charge is 0.359 e. The van der Waals surface area contributed by atoms with Crippen molar-refractivity contribution in [1.29, 1.82) is 0 Å². The molecule has 52 heavy (non-hydrogen) atoms. The van der Waals surface area contributed by atoms with E-state index < -0.39 is 0 Å². The van der Waals surface area contributed by atoms with Crippen molar-refractivity contribution >= 4 is 34.5 Å². The number of rotatable bonds is 20. The second kappa shape index (κ2) is 18.2. The molecule has 2 aromatic carbocycles. The van der Waals surface area contributed by atoms with Gasteiger partial charge in [0.15, 0.2) is 5.82 Å². The van der Waals surface area contributed by atoms with Crippen LogP contribution in [0.15, 0.2) is 53.5 Å². The number of H-pyrrole nitrogens is 3. The summed E-state index contributed by atoms with van der Waals surface area (Å²) in [5.74, 6) is 2.19. The van der Waals surface area contributed by atoms with Crippen LogP contribution in [0.1, 0.15) is 98.5 Å². The second-order valence-corrected chi connectivity index (χ2v) is 14.4. The van der Waals surface area contributed by atoms with Gasteiger partial charge in [0.05, 0.1) is 11.7 Å². The minimum atomic E-state index is -0.0838. The molecule has 5 aromatic rings. The maximum absolute atomic E-state index is 13.2. The lowest BCUT2D eigenvalue weighted by Gasteiger charge is -2.37. The van der Waals surface area contributed by atoms with E-state index in [-0.39, 0.29) is 17.5 Å². The molecule has 0 bridgehead atoms. The molecule has 1 fully saturated rings. The van der Waals surface area contributed by atoms with E-state index in [1.807, 2.05) is 36.5 Å². The first-order valence-corrected chi connectivity index (χ1v) is 19.0. The fourth-order valence-corrected chi connectivity index (χ4v) is 8.03. The zero-order chi connectivity index (χ0) is 36.3. The van der Waals surface area contributed by atoms with Crippen LogP contribution in [0.3, 0.4) is 0 Å². The van der Waals surface area contributed by atoms with Crippen molar-refractivity contribution in [3.8, 4) is 0 Å². The van der Waals surface area contributed by atoms with E-state index >= 15 is 0 Å². The molecule has 1 aliphatic heterocycles. The number of para-hydroxylation sites is 1. The van der Waals surface area contributed by atoms with Gasteiger partial charge in [0.2, 0.25) is 6.41 Å². The van der Waals surface area contributed by atoms with Gasteiger partial charge in [-0.25, -0.2) is 4.98 Å². The number of pyridine rings is 1. The van der Waals surface area contributed by atoms with Crippen molar-refractivity contribution in [2.24, 2.45) is 0 Å². The van der Waals surface area contributed by atoms with Crippen molar-refractivity contribution in [3.05, 3.63) is 87.4 Å². The normalized spacial score (nSPS) is 15.9. The van der Waals surface area contributed by atoms with Gasteiger partial charge in [-0.2, -0.15) is 10.2 Å². The van der Waals surface area contributed by atoms with Crippen LogP contribution in [-0.4, -0.2) is 86.2 Å². The van der Waals surface area contributed by atoms with E-state index in [0.717, 1.165) is 116 Å². The molecule has 1 aliphatic rings. The zero-order valence-electron chi connectivity index (χ0n) is 30.5. The lowest BCUT2D eigenvalue weighted by Crippen LogP contribution is -2.43. The molecule has 3 aromatic heterocycles. The average Bonchev–Trinajstić information content (AvgIpc) is 3.85. The molecule has 3 atom stereocenters. The first-order valence-electron chi connectivity index (χ1n) is 19.0. The summed E-state index contributed by atoms with van der Waals surface area (Å²) in [5, 5.41) is 23.9. The van der Waals surface area contributed by atoms with Crippen LogP contribution in [-0.2, 0) is 22.4 Å². The maximum atomic E-state index is 13.2. The highest BCUT2D eigenvalue weighted by Crippen LogP contribution is 2.29. The molecule has 1 saturated heterocycles. The number of aryl methyl sites for hydroxylation is 2. The Bertz CT molecular complexity index is 1960. The second-order valence-electron chi connectivity index (χ2n) is 14.4. The summed E-state index contributed by atoms with van der Waals surface area (Å²) in [6.45, 7) is 7.50. The van der Waals surface area contributed by atoms with Crippen molar-refractivity contribution in [1.82, 2.24) is 45.9 Å². The van der Waals surface area contributed by atoms with Gasteiger partial charge in [-0.05, 0) is 119 Å². The lowest BCUT2D eigenvalue weighted by atomic mass is 9.90. The molecule has 1 amide bonds. The average molecular weight is 708 g/mol. The van der Waals surface area contributed by atoms with Gasteiger partial charge < -0.3 is 25.3 Å². The smallest absolute Gasteiger partial charge is 0.251 e. The summed E-state index contributed by atoms with van der Waals surface area (Å²) in [6, 6.07) is 14.8. The Hall–Kier alpha value is -4.68. The third-order valence-corrected chi connectivity index (χ3v) is 10.9.